The highest BCUT2D eigenvalue weighted by Gasteiger charge is 2.32. The summed E-state index contributed by atoms with van der Waals surface area (Å²) < 4.78 is 35.5. The van der Waals surface area contributed by atoms with Crippen molar-refractivity contribution in [3.05, 3.63) is 89.0 Å². The monoisotopic (exact) mass is 490 g/mol. The number of rotatable bonds is 8. The number of carbonyl (C=O) groups is 1. The van der Waals surface area contributed by atoms with Gasteiger partial charge in [0.1, 0.15) is 17.2 Å². The molecule has 4 rings (SSSR count). The van der Waals surface area contributed by atoms with Crippen molar-refractivity contribution in [1.82, 2.24) is 0 Å². The molecule has 6 nitrogen and oxygen atoms in total. The smallest absolute Gasteiger partial charge is 0.333 e. The number of ether oxygens (including phenoxy) is 4. The minimum absolute atomic E-state index is 0.331. The van der Waals surface area contributed by atoms with Crippen LogP contribution in [0.3, 0.4) is 0 Å². The average molecular weight is 491 g/mol. The first-order valence-corrected chi connectivity index (χ1v) is 12.2. The summed E-state index contributed by atoms with van der Waals surface area (Å²) >= 11 is 0. The van der Waals surface area contributed by atoms with Crippen molar-refractivity contribution in [2.45, 2.75) is 18.7 Å². The fourth-order valence-electron chi connectivity index (χ4n) is 3.67. The molecule has 35 heavy (non-hydrogen) atoms. The predicted molar refractivity (Wildman–Crippen MR) is 137 cm³/mol. The molecule has 180 valence electrons. The maximum absolute atomic E-state index is 13.5. The third-order valence-electron chi connectivity index (χ3n) is 5.46. The van der Waals surface area contributed by atoms with Crippen LogP contribution in [-0.4, -0.2) is 31.0 Å². The molecule has 0 spiro atoms. The number of hydrogen-bond donors (Lipinski definition) is 0. The SMILES string of the molecule is CCOC(=O)/C(C)=C/c1ccc(OC2=C(c3ccc(OC)cc3)S(=O)c3cc(OC)ccc32)cc1. The Morgan fingerprint density at radius 2 is 1.51 bits per heavy atom. The van der Waals surface area contributed by atoms with Crippen LogP contribution in [0.1, 0.15) is 30.5 Å². The predicted octanol–water partition coefficient (Wildman–Crippen LogP) is 5.70. The summed E-state index contributed by atoms with van der Waals surface area (Å²) in [7, 11) is 1.72. The highest BCUT2D eigenvalue weighted by Crippen LogP contribution is 2.44. The Morgan fingerprint density at radius 3 is 2.14 bits per heavy atom. The lowest BCUT2D eigenvalue weighted by molar-refractivity contribution is -0.138. The molecule has 7 heteroatoms. The van der Waals surface area contributed by atoms with Gasteiger partial charge in [0, 0.05) is 11.1 Å². The highest BCUT2D eigenvalue weighted by molar-refractivity contribution is 7.95. The topological polar surface area (TPSA) is 71.1 Å². The van der Waals surface area contributed by atoms with Gasteiger partial charge >= 0.3 is 5.97 Å². The van der Waals surface area contributed by atoms with Crippen molar-refractivity contribution in [2.24, 2.45) is 0 Å². The molecule has 1 unspecified atom stereocenters. The molecule has 3 aromatic rings. The lowest BCUT2D eigenvalue weighted by Gasteiger charge is -2.11. The number of esters is 1. The average Bonchev–Trinajstić information content (AvgIpc) is 3.15. The van der Waals surface area contributed by atoms with E-state index < -0.39 is 10.8 Å². The van der Waals surface area contributed by atoms with Crippen LogP contribution in [0.2, 0.25) is 0 Å². The van der Waals surface area contributed by atoms with Gasteiger partial charge < -0.3 is 18.9 Å². The van der Waals surface area contributed by atoms with E-state index in [0.717, 1.165) is 16.7 Å². The molecule has 1 aliphatic rings. The van der Waals surface area contributed by atoms with Gasteiger partial charge in [-0.2, -0.15) is 0 Å². The second kappa shape index (κ2) is 10.6. The van der Waals surface area contributed by atoms with Crippen molar-refractivity contribution in [3.63, 3.8) is 0 Å². The van der Waals surface area contributed by atoms with Crippen LogP contribution in [0.5, 0.6) is 17.2 Å². The lowest BCUT2D eigenvalue weighted by atomic mass is 10.1. The quantitative estimate of drug-likeness (QED) is 0.298. The lowest BCUT2D eigenvalue weighted by Crippen LogP contribution is -2.04. The number of carbonyl (C=O) groups excluding carboxylic acids is 1. The van der Waals surface area contributed by atoms with E-state index in [1.54, 1.807) is 40.2 Å². The summed E-state index contributed by atoms with van der Waals surface area (Å²) in [5, 5.41) is 0. The minimum atomic E-state index is -1.46. The third kappa shape index (κ3) is 5.15. The van der Waals surface area contributed by atoms with Crippen LogP contribution in [0, 0.1) is 0 Å². The molecule has 0 aromatic heterocycles. The molecule has 0 aliphatic carbocycles. The molecule has 1 heterocycles. The third-order valence-corrected chi connectivity index (χ3v) is 6.99. The van der Waals surface area contributed by atoms with Crippen LogP contribution in [-0.2, 0) is 20.3 Å². The van der Waals surface area contributed by atoms with Crippen molar-refractivity contribution in [1.29, 1.82) is 0 Å². The Hall–Kier alpha value is -3.84. The van der Waals surface area contributed by atoms with Gasteiger partial charge in [-0.1, -0.05) is 12.1 Å². The van der Waals surface area contributed by atoms with E-state index in [9.17, 15) is 9.00 Å². The molecule has 3 aromatic carbocycles. The van der Waals surface area contributed by atoms with Crippen molar-refractivity contribution in [2.75, 3.05) is 20.8 Å². The van der Waals surface area contributed by atoms with Crippen LogP contribution in [0.4, 0.5) is 0 Å². The summed E-state index contributed by atoms with van der Waals surface area (Å²) in [6.07, 6.45) is 1.76. The fourth-order valence-corrected chi connectivity index (χ4v) is 5.15. The van der Waals surface area contributed by atoms with E-state index in [1.165, 1.54) is 0 Å². The van der Waals surface area contributed by atoms with Crippen molar-refractivity contribution >= 4 is 33.5 Å². The highest BCUT2D eigenvalue weighted by atomic mass is 32.2. The molecule has 0 bridgehead atoms. The Labute approximate surface area is 207 Å². The Bertz CT molecular complexity index is 1320. The fraction of sp³-hybridized carbons (Fsp3) is 0.179. The van der Waals surface area contributed by atoms with Crippen LogP contribution in [0.15, 0.2) is 77.2 Å². The molecular formula is C28H26O6S. The van der Waals surface area contributed by atoms with Gasteiger partial charge in [-0.3, -0.25) is 0 Å². The largest absolute Gasteiger partial charge is 0.497 e. The number of hydrogen-bond acceptors (Lipinski definition) is 6. The maximum Gasteiger partial charge on any atom is 0.333 e. The first kappa shape index (κ1) is 24.3. The normalized spacial score (nSPS) is 15.0. The van der Waals surface area contributed by atoms with Crippen LogP contribution >= 0.6 is 0 Å². The maximum atomic E-state index is 13.5. The van der Waals surface area contributed by atoms with Gasteiger partial charge in [0.15, 0.2) is 5.76 Å². The Balaban J connectivity index is 1.70. The van der Waals surface area contributed by atoms with E-state index >= 15 is 0 Å². The van der Waals surface area contributed by atoms with Gasteiger partial charge in [0.05, 0.1) is 41.4 Å². The number of methoxy groups -OCH3 is 2. The molecular weight excluding hydrogens is 464 g/mol. The molecule has 0 N–H and O–H groups in total. The second-order valence-corrected chi connectivity index (χ2v) is 9.12. The van der Waals surface area contributed by atoms with Crippen LogP contribution < -0.4 is 14.2 Å². The number of fused-ring (bicyclic) bond motifs is 1. The van der Waals surface area contributed by atoms with Crippen LogP contribution in [0.25, 0.3) is 16.7 Å². The zero-order chi connectivity index (χ0) is 24.9. The minimum Gasteiger partial charge on any atom is -0.497 e. The zero-order valence-electron chi connectivity index (χ0n) is 20.0. The standard InChI is InChI=1S/C28H26O6S/c1-5-33-28(29)18(2)16-19-6-10-22(11-7-19)34-26-24-15-14-23(32-4)17-25(24)35(30)27(26)20-8-12-21(31-3)13-9-20/h6-17H,5H2,1-4H3/b18-16+. The molecule has 0 amide bonds. The summed E-state index contributed by atoms with van der Waals surface area (Å²) in [5.41, 5.74) is 2.88. The first-order valence-electron chi connectivity index (χ1n) is 11.1. The Kier molecular flexibility index (Phi) is 7.36. The van der Waals surface area contributed by atoms with Crippen molar-refractivity contribution in [3.8, 4) is 17.2 Å². The van der Waals surface area contributed by atoms with Crippen molar-refractivity contribution < 1.29 is 28.0 Å². The van der Waals surface area contributed by atoms with Gasteiger partial charge in [-0.25, -0.2) is 9.00 Å². The summed E-state index contributed by atoms with van der Waals surface area (Å²) in [6.45, 7) is 3.82. The molecule has 0 saturated heterocycles. The molecule has 1 atom stereocenters. The van der Waals surface area contributed by atoms with Gasteiger partial charge in [0.25, 0.3) is 0 Å². The summed E-state index contributed by atoms with van der Waals surface area (Å²) in [6, 6.07) is 20.2. The van der Waals surface area contributed by atoms with E-state index in [-0.39, 0.29) is 5.97 Å². The van der Waals surface area contributed by atoms with Gasteiger partial charge in [-0.05, 0) is 85.6 Å². The van der Waals surface area contributed by atoms with E-state index in [1.807, 2.05) is 60.7 Å². The number of benzene rings is 3. The van der Waals surface area contributed by atoms with E-state index in [2.05, 4.69) is 0 Å². The Morgan fingerprint density at radius 1 is 0.886 bits per heavy atom. The first-order chi connectivity index (χ1) is 16.9. The second-order valence-electron chi connectivity index (χ2n) is 7.74. The van der Waals surface area contributed by atoms with E-state index in [4.69, 9.17) is 18.9 Å². The summed E-state index contributed by atoms with van der Waals surface area (Å²) in [5.74, 6) is 2.10. The molecule has 0 radical (unpaired) electrons. The zero-order valence-corrected chi connectivity index (χ0v) is 20.8. The molecule has 0 saturated carbocycles. The molecule has 1 aliphatic heterocycles. The molecule has 0 fully saturated rings. The summed E-state index contributed by atoms with van der Waals surface area (Å²) in [4.78, 5) is 13.1. The van der Waals surface area contributed by atoms with Gasteiger partial charge in [0.2, 0.25) is 0 Å². The van der Waals surface area contributed by atoms with Gasteiger partial charge in [-0.15, -0.1) is 0 Å². The van der Waals surface area contributed by atoms with E-state index in [0.29, 0.717) is 45.0 Å².